The molecule has 1 aromatic rings. The van der Waals surface area contributed by atoms with E-state index in [4.69, 9.17) is 0 Å². The van der Waals surface area contributed by atoms with Gasteiger partial charge in [-0.1, -0.05) is 13.8 Å². The maximum absolute atomic E-state index is 11.6. The van der Waals surface area contributed by atoms with Crippen LogP contribution in [0.4, 0.5) is 0 Å². The highest BCUT2D eigenvalue weighted by Crippen LogP contribution is 2.15. The third-order valence-electron chi connectivity index (χ3n) is 2.96. The molecular formula is C13H24N4O2. The largest absolute Gasteiger partial charge is 0.388 e. The molecule has 19 heavy (non-hydrogen) atoms. The molecule has 0 aliphatic heterocycles. The Morgan fingerprint density at radius 1 is 1.53 bits per heavy atom. The molecule has 0 saturated heterocycles. The van der Waals surface area contributed by atoms with Crippen molar-refractivity contribution in [3.8, 4) is 0 Å². The van der Waals surface area contributed by atoms with Gasteiger partial charge in [0.1, 0.15) is 12.7 Å². The van der Waals surface area contributed by atoms with Gasteiger partial charge >= 0.3 is 0 Å². The summed E-state index contributed by atoms with van der Waals surface area (Å²) in [6, 6.07) is 0. The van der Waals surface area contributed by atoms with E-state index in [0.717, 1.165) is 6.42 Å². The highest BCUT2D eigenvalue weighted by Gasteiger charge is 2.21. The number of aromatic nitrogens is 3. The highest BCUT2D eigenvalue weighted by molar-refractivity contribution is 5.75. The van der Waals surface area contributed by atoms with Crippen molar-refractivity contribution in [3.05, 3.63) is 12.7 Å². The third-order valence-corrected chi connectivity index (χ3v) is 2.96. The van der Waals surface area contributed by atoms with Crippen LogP contribution in [-0.4, -0.2) is 37.9 Å². The van der Waals surface area contributed by atoms with Crippen molar-refractivity contribution in [1.29, 1.82) is 0 Å². The molecule has 0 bridgehead atoms. The lowest BCUT2D eigenvalue weighted by atomic mass is 9.95. The first-order chi connectivity index (χ1) is 8.89. The van der Waals surface area contributed by atoms with Gasteiger partial charge in [0.05, 0.1) is 12.1 Å². The Hall–Kier alpha value is -1.43. The normalized spacial score (nSPS) is 14.4. The van der Waals surface area contributed by atoms with Gasteiger partial charge < -0.3 is 10.4 Å². The summed E-state index contributed by atoms with van der Waals surface area (Å²) < 4.78 is 1.61. The monoisotopic (exact) mass is 268 g/mol. The van der Waals surface area contributed by atoms with Crippen LogP contribution >= 0.6 is 0 Å². The number of carbonyl (C=O) groups is 1. The van der Waals surface area contributed by atoms with Crippen LogP contribution in [0.25, 0.3) is 0 Å². The molecule has 1 amide bonds. The van der Waals surface area contributed by atoms with Gasteiger partial charge in [0, 0.05) is 13.0 Å². The molecule has 6 nitrogen and oxygen atoms in total. The number of carbonyl (C=O) groups excluding carboxylic acids is 1. The number of nitrogens with zero attached hydrogens (tertiary/aromatic N) is 3. The number of amides is 1. The van der Waals surface area contributed by atoms with E-state index in [1.54, 1.807) is 17.9 Å². The Bertz CT molecular complexity index is 374. The Balaban J connectivity index is 2.21. The zero-order chi connectivity index (χ0) is 14.3. The quantitative estimate of drug-likeness (QED) is 0.736. The van der Waals surface area contributed by atoms with Crippen LogP contribution in [-0.2, 0) is 11.3 Å². The molecule has 1 unspecified atom stereocenters. The van der Waals surface area contributed by atoms with E-state index < -0.39 is 5.60 Å². The Morgan fingerprint density at radius 2 is 2.26 bits per heavy atom. The standard InChI is InChI=1S/C13H24N4O2/c1-11(2)4-6-13(3,19)8-15-12(18)5-7-17-10-14-9-16-17/h9-11,19H,4-8H2,1-3H3,(H,15,18). The topological polar surface area (TPSA) is 80.0 Å². The Labute approximate surface area is 114 Å². The van der Waals surface area contributed by atoms with Crippen molar-refractivity contribution in [2.24, 2.45) is 5.92 Å². The fourth-order valence-electron chi connectivity index (χ4n) is 1.63. The fraction of sp³-hybridized carbons (Fsp3) is 0.769. The van der Waals surface area contributed by atoms with E-state index in [-0.39, 0.29) is 12.5 Å². The second-order valence-electron chi connectivity index (χ2n) is 5.61. The molecule has 1 heterocycles. The van der Waals surface area contributed by atoms with E-state index in [0.29, 0.717) is 25.3 Å². The molecule has 1 aromatic heterocycles. The van der Waals surface area contributed by atoms with Crippen molar-refractivity contribution < 1.29 is 9.90 Å². The minimum absolute atomic E-state index is 0.0830. The molecule has 108 valence electrons. The first kappa shape index (κ1) is 15.6. The SMILES string of the molecule is CC(C)CCC(C)(O)CNC(=O)CCn1cncn1. The second-order valence-corrected chi connectivity index (χ2v) is 5.61. The summed E-state index contributed by atoms with van der Waals surface area (Å²) in [5.74, 6) is 0.467. The van der Waals surface area contributed by atoms with Crippen LogP contribution in [0.15, 0.2) is 12.7 Å². The summed E-state index contributed by atoms with van der Waals surface area (Å²) in [5, 5.41) is 16.8. The van der Waals surface area contributed by atoms with E-state index in [2.05, 4.69) is 29.2 Å². The summed E-state index contributed by atoms with van der Waals surface area (Å²) in [6.45, 7) is 6.78. The molecule has 0 aromatic carbocycles. The van der Waals surface area contributed by atoms with Gasteiger partial charge in [-0.3, -0.25) is 9.48 Å². The van der Waals surface area contributed by atoms with Crippen molar-refractivity contribution >= 4 is 5.91 Å². The molecule has 0 aliphatic carbocycles. The zero-order valence-electron chi connectivity index (χ0n) is 12.0. The summed E-state index contributed by atoms with van der Waals surface area (Å²) in [5.41, 5.74) is -0.840. The summed E-state index contributed by atoms with van der Waals surface area (Å²) in [7, 11) is 0. The molecule has 0 aliphatic rings. The van der Waals surface area contributed by atoms with Crippen molar-refractivity contribution in [2.45, 2.75) is 52.2 Å². The van der Waals surface area contributed by atoms with Crippen molar-refractivity contribution in [2.75, 3.05) is 6.54 Å². The Kier molecular flexibility index (Phi) is 5.95. The van der Waals surface area contributed by atoms with Crippen LogP contribution in [0.5, 0.6) is 0 Å². The van der Waals surface area contributed by atoms with E-state index >= 15 is 0 Å². The number of aliphatic hydroxyl groups is 1. The van der Waals surface area contributed by atoms with Crippen LogP contribution < -0.4 is 5.32 Å². The molecule has 2 N–H and O–H groups in total. The van der Waals surface area contributed by atoms with E-state index in [9.17, 15) is 9.90 Å². The Morgan fingerprint density at radius 3 is 2.84 bits per heavy atom. The molecular weight excluding hydrogens is 244 g/mol. The molecule has 1 rings (SSSR count). The number of nitrogens with one attached hydrogen (secondary N) is 1. The predicted molar refractivity (Wildman–Crippen MR) is 72.3 cm³/mol. The van der Waals surface area contributed by atoms with E-state index in [1.807, 2.05) is 0 Å². The van der Waals surface area contributed by atoms with Gasteiger partial charge in [-0.15, -0.1) is 0 Å². The fourth-order valence-corrected chi connectivity index (χ4v) is 1.63. The maximum Gasteiger partial charge on any atom is 0.221 e. The molecule has 0 spiro atoms. The maximum atomic E-state index is 11.6. The van der Waals surface area contributed by atoms with Crippen molar-refractivity contribution in [3.63, 3.8) is 0 Å². The second kappa shape index (κ2) is 7.23. The molecule has 0 saturated carbocycles. The van der Waals surface area contributed by atoms with Gasteiger partial charge in [0.15, 0.2) is 0 Å². The third kappa shape index (κ3) is 6.91. The number of hydrogen-bond acceptors (Lipinski definition) is 4. The van der Waals surface area contributed by atoms with Gasteiger partial charge in [0.2, 0.25) is 5.91 Å². The first-order valence-electron chi connectivity index (χ1n) is 6.70. The predicted octanol–water partition coefficient (Wildman–Crippen LogP) is 0.972. The van der Waals surface area contributed by atoms with Crippen LogP contribution in [0.1, 0.15) is 40.0 Å². The van der Waals surface area contributed by atoms with Crippen molar-refractivity contribution in [1.82, 2.24) is 20.1 Å². The zero-order valence-corrected chi connectivity index (χ0v) is 12.0. The first-order valence-corrected chi connectivity index (χ1v) is 6.70. The molecule has 1 atom stereocenters. The van der Waals surface area contributed by atoms with E-state index in [1.165, 1.54) is 6.33 Å². The van der Waals surface area contributed by atoms with Gasteiger partial charge in [-0.2, -0.15) is 5.10 Å². The minimum atomic E-state index is -0.840. The lowest BCUT2D eigenvalue weighted by molar-refractivity contribution is -0.122. The molecule has 0 radical (unpaired) electrons. The molecule has 0 fully saturated rings. The lowest BCUT2D eigenvalue weighted by Crippen LogP contribution is -2.41. The number of aryl methyl sites for hydroxylation is 1. The summed E-state index contributed by atoms with van der Waals surface area (Å²) in [4.78, 5) is 15.4. The average Bonchev–Trinajstić information content (AvgIpc) is 2.85. The number of hydrogen-bond donors (Lipinski definition) is 2. The van der Waals surface area contributed by atoms with Crippen LogP contribution in [0, 0.1) is 5.92 Å². The summed E-state index contributed by atoms with van der Waals surface area (Å²) >= 11 is 0. The average molecular weight is 268 g/mol. The number of rotatable bonds is 8. The summed E-state index contributed by atoms with van der Waals surface area (Å²) in [6.07, 6.45) is 4.99. The van der Waals surface area contributed by atoms with Crippen LogP contribution in [0.2, 0.25) is 0 Å². The van der Waals surface area contributed by atoms with Gasteiger partial charge in [-0.05, 0) is 25.7 Å². The van der Waals surface area contributed by atoms with Gasteiger partial charge in [0.25, 0.3) is 0 Å². The van der Waals surface area contributed by atoms with Crippen LogP contribution in [0.3, 0.4) is 0 Å². The lowest BCUT2D eigenvalue weighted by Gasteiger charge is -2.24. The molecule has 6 heteroatoms. The minimum Gasteiger partial charge on any atom is -0.388 e. The smallest absolute Gasteiger partial charge is 0.221 e. The highest BCUT2D eigenvalue weighted by atomic mass is 16.3. The van der Waals surface area contributed by atoms with Gasteiger partial charge in [-0.25, -0.2) is 4.98 Å².